The standard InChI is InChI=1S/C32H37ClN4O3.ClH/c1-40-26-13-11-24(12-14-26)23-37-22-18-32(30(37)38)16-20-36(21-17-32)19-15-28(25-7-3-2-4-8-25)34-31(39)35-29-10-6-5-9-27(29)33;/h2-14,28H,15-23H2,1H3,(H2,34,35,39);1H. The van der Waals surface area contributed by atoms with Crippen LogP contribution in [0.5, 0.6) is 5.75 Å². The number of nitrogens with zero attached hydrogens (tertiary/aromatic N) is 2. The van der Waals surface area contributed by atoms with Crippen LogP contribution in [-0.2, 0) is 11.3 Å². The predicted octanol–water partition coefficient (Wildman–Crippen LogP) is 6.54. The molecule has 2 aliphatic heterocycles. The molecule has 218 valence electrons. The van der Waals surface area contributed by atoms with Gasteiger partial charge in [0.05, 0.1) is 29.3 Å². The van der Waals surface area contributed by atoms with Gasteiger partial charge < -0.3 is 25.2 Å². The van der Waals surface area contributed by atoms with E-state index in [-0.39, 0.29) is 29.9 Å². The fraction of sp³-hybridized carbons (Fsp3) is 0.375. The van der Waals surface area contributed by atoms with Gasteiger partial charge in [0.1, 0.15) is 5.75 Å². The molecule has 0 aliphatic carbocycles. The number of piperidine rings is 1. The summed E-state index contributed by atoms with van der Waals surface area (Å²) < 4.78 is 5.25. The highest BCUT2D eigenvalue weighted by Gasteiger charge is 2.47. The summed E-state index contributed by atoms with van der Waals surface area (Å²) in [6.07, 6.45) is 3.44. The number of likely N-dealkylation sites (tertiary alicyclic amines) is 2. The molecule has 1 spiro atoms. The van der Waals surface area contributed by atoms with Gasteiger partial charge in [0, 0.05) is 19.6 Å². The summed E-state index contributed by atoms with van der Waals surface area (Å²) in [7, 11) is 1.66. The van der Waals surface area contributed by atoms with E-state index in [1.807, 2.05) is 71.6 Å². The van der Waals surface area contributed by atoms with Crippen molar-refractivity contribution in [1.29, 1.82) is 0 Å². The number of nitrogens with one attached hydrogen (secondary N) is 2. The van der Waals surface area contributed by atoms with E-state index in [0.717, 1.165) is 68.7 Å². The van der Waals surface area contributed by atoms with Crippen LogP contribution in [0.2, 0.25) is 5.02 Å². The minimum Gasteiger partial charge on any atom is -0.497 e. The smallest absolute Gasteiger partial charge is 0.319 e. The van der Waals surface area contributed by atoms with Crippen LogP contribution in [0, 0.1) is 5.41 Å². The Balaban J connectivity index is 0.00000387. The summed E-state index contributed by atoms with van der Waals surface area (Å²) in [5, 5.41) is 6.51. The van der Waals surface area contributed by atoms with E-state index in [9.17, 15) is 9.59 Å². The Morgan fingerprint density at radius 1 is 0.951 bits per heavy atom. The first-order valence-corrected chi connectivity index (χ1v) is 14.4. The maximum Gasteiger partial charge on any atom is 0.319 e. The van der Waals surface area contributed by atoms with Crippen molar-refractivity contribution in [1.82, 2.24) is 15.1 Å². The van der Waals surface area contributed by atoms with Crippen molar-refractivity contribution < 1.29 is 14.3 Å². The number of hydrogen-bond donors (Lipinski definition) is 2. The van der Waals surface area contributed by atoms with Crippen molar-refractivity contribution in [3.63, 3.8) is 0 Å². The lowest BCUT2D eigenvalue weighted by Gasteiger charge is -2.38. The molecule has 0 radical (unpaired) electrons. The largest absolute Gasteiger partial charge is 0.497 e. The molecule has 0 aromatic heterocycles. The summed E-state index contributed by atoms with van der Waals surface area (Å²) in [5.74, 6) is 1.12. The van der Waals surface area contributed by atoms with Gasteiger partial charge in [0.15, 0.2) is 0 Å². The van der Waals surface area contributed by atoms with Gasteiger partial charge in [0.2, 0.25) is 5.91 Å². The monoisotopic (exact) mass is 596 g/mol. The van der Waals surface area contributed by atoms with Gasteiger partial charge in [0.25, 0.3) is 0 Å². The fourth-order valence-electron chi connectivity index (χ4n) is 5.86. The van der Waals surface area contributed by atoms with Crippen LogP contribution >= 0.6 is 24.0 Å². The Morgan fingerprint density at radius 3 is 2.29 bits per heavy atom. The highest BCUT2D eigenvalue weighted by Crippen LogP contribution is 2.42. The molecule has 2 N–H and O–H groups in total. The maximum absolute atomic E-state index is 13.5. The van der Waals surface area contributed by atoms with Gasteiger partial charge in [-0.25, -0.2) is 4.79 Å². The molecular weight excluding hydrogens is 559 g/mol. The van der Waals surface area contributed by atoms with Crippen LogP contribution < -0.4 is 15.4 Å². The topological polar surface area (TPSA) is 73.9 Å². The number of amides is 3. The van der Waals surface area contributed by atoms with E-state index in [4.69, 9.17) is 16.3 Å². The zero-order chi connectivity index (χ0) is 28.0. The van der Waals surface area contributed by atoms with E-state index < -0.39 is 0 Å². The number of methoxy groups -OCH3 is 1. The quantitative estimate of drug-likeness (QED) is 0.294. The van der Waals surface area contributed by atoms with E-state index in [1.165, 1.54) is 0 Å². The van der Waals surface area contributed by atoms with E-state index in [0.29, 0.717) is 23.2 Å². The van der Waals surface area contributed by atoms with E-state index in [1.54, 1.807) is 19.2 Å². The van der Waals surface area contributed by atoms with Crippen molar-refractivity contribution in [2.45, 2.75) is 38.3 Å². The van der Waals surface area contributed by atoms with Gasteiger partial charge in [-0.15, -0.1) is 12.4 Å². The highest BCUT2D eigenvalue weighted by molar-refractivity contribution is 6.33. The molecule has 2 fully saturated rings. The maximum atomic E-state index is 13.5. The SMILES string of the molecule is COc1ccc(CN2CCC3(CCN(CCC(NC(=O)Nc4ccccc4Cl)c4ccccc4)CC3)C2=O)cc1.Cl. The second-order valence-electron chi connectivity index (χ2n) is 10.8. The lowest BCUT2D eigenvalue weighted by atomic mass is 9.77. The number of carbonyl (C=O) groups excluding carboxylic acids is 2. The second kappa shape index (κ2) is 14.1. The Bertz CT molecular complexity index is 1300. The third kappa shape index (κ3) is 7.53. The number of rotatable bonds is 9. The molecule has 5 rings (SSSR count). The average molecular weight is 598 g/mol. The van der Waals surface area contributed by atoms with Gasteiger partial charge in [-0.2, -0.15) is 0 Å². The normalized spacial score (nSPS) is 17.1. The molecule has 41 heavy (non-hydrogen) atoms. The fourth-order valence-corrected chi connectivity index (χ4v) is 6.04. The number of para-hydroxylation sites is 1. The third-order valence-corrected chi connectivity index (χ3v) is 8.64. The van der Waals surface area contributed by atoms with Gasteiger partial charge in [-0.1, -0.05) is 66.2 Å². The van der Waals surface area contributed by atoms with Crippen LogP contribution in [0.3, 0.4) is 0 Å². The number of anilines is 1. The number of halogens is 2. The Morgan fingerprint density at radius 2 is 1.61 bits per heavy atom. The van der Waals surface area contributed by atoms with Crippen LogP contribution in [0.1, 0.15) is 42.9 Å². The molecule has 0 saturated carbocycles. The predicted molar refractivity (Wildman–Crippen MR) is 166 cm³/mol. The Hall–Kier alpha value is -3.26. The van der Waals surface area contributed by atoms with Crippen molar-refractivity contribution in [3.05, 3.63) is 95.0 Å². The van der Waals surface area contributed by atoms with Gasteiger partial charge >= 0.3 is 6.03 Å². The van der Waals surface area contributed by atoms with Crippen LogP contribution in [0.15, 0.2) is 78.9 Å². The summed E-state index contributed by atoms with van der Waals surface area (Å²) in [6.45, 7) is 4.07. The Labute approximate surface area is 253 Å². The summed E-state index contributed by atoms with van der Waals surface area (Å²) in [6, 6.07) is 24.8. The third-order valence-electron chi connectivity index (χ3n) is 8.31. The van der Waals surface area contributed by atoms with Crippen molar-refractivity contribution in [3.8, 4) is 5.75 Å². The lowest BCUT2D eigenvalue weighted by molar-refractivity contribution is -0.138. The first kappa shape index (κ1) is 30.7. The molecule has 2 heterocycles. The summed E-state index contributed by atoms with van der Waals surface area (Å²) in [4.78, 5) is 30.8. The number of urea groups is 1. The van der Waals surface area contributed by atoms with Crippen LogP contribution in [0.25, 0.3) is 0 Å². The molecule has 3 aromatic rings. The molecule has 3 amide bonds. The molecule has 1 atom stereocenters. The molecule has 9 heteroatoms. The summed E-state index contributed by atoms with van der Waals surface area (Å²) in [5.41, 5.74) is 2.53. The minimum atomic E-state index is -0.284. The first-order valence-electron chi connectivity index (χ1n) is 14.0. The molecule has 2 aliphatic rings. The summed E-state index contributed by atoms with van der Waals surface area (Å²) >= 11 is 6.23. The number of benzene rings is 3. The second-order valence-corrected chi connectivity index (χ2v) is 11.2. The highest BCUT2D eigenvalue weighted by atomic mass is 35.5. The minimum absolute atomic E-state index is 0. The number of ether oxygens (including phenoxy) is 1. The molecule has 3 aromatic carbocycles. The molecule has 0 bridgehead atoms. The first-order chi connectivity index (χ1) is 19.5. The van der Waals surface area contributed by atoms with Crippen LogP contribution in [-0.4, -0.2) is 55.0 Å². The zero-order valence-electron chi connectivity index (χ0n) is 23.4. The zero-order valence-corrected chi connectivity index (χ0v) is 24.9. The van der Waals surface area contributed by atoms with Crippen molar-refractivity contribution in [2.24, 2.45) is 5.41 Å². The van der Waals surface area contributed by atoms with Gasteiger partial charge in [-0.3, -0.25) is 4.79 Å². The molecule has 1 unspecified atom stereocenters. The average Bonchev–Trinajstić information content (AvgIpc) is 3.28. The number of hydrogen-bond acceptors (Lipinski definition) is 4. The lowest BCUT2D eigenvalue weighted by Crippen LogP contribution is -2.45. The van der Waals surface area contributed by atoms with Crippen LogP contribution in [0.4, 0.5) is 10.5 Å². The van der Waals surface area contributed by atoms with Gasteiger partial charge in [-0.05, 0) is 74.2 Å². The van der Waals surface area contributed by atoms with Crippen molar-refractivity contribution in [2.75, 3.05) is 38.6 Å². The Kier molecular flexibility index (Phi) is 10.5. The molecular formula is C32H38Cl2N4O3. The van der Waals surface area contributed by atoms with E-state index in [2.05, 4.69) is 15.5 Å². The number of carbonyl (C=O) groups is 2. The van der Waals surface area contributed by atoms with Crippen molar-refractivity contribution >= 4 is 41.6 Å². The van der Waals surface area contributed by atoms with E-state index >= 15 is 0 Å². The molecule has 7 nitrogen and oxygen atoms in total. The molecule has 2 saturated heterocycles.